The highest BCUT2D eigenvalue weighted by Gasteiger charge is 2.05. The van der Waals surface area contributed by atoms with Crippen LogP contribution in [0.1, 0.15) is 17.0 Å². The summed E-state index contributed by atoms with van der Waals surface area (Å²) in [7, 11) is 0. The van der Waals surface area contributed by atoms with Gasteiger partial charge in [0.15, 0.2) is 0 Å². The Labute approximate surface area is 82.3 Å². The average Bonchev–Trinajstić information content (AvgIpc) is 2.76. The topological polar surface area (TPSA) is 53.9 Å². The van der Waals surface area contributed by atoms with E-state index in [9.17, 15) is 0 Å². The van der Waals surface area contributed by atoms with Gasteiger partial charge in [0.05, 0.1) is 29.6 Å². The zero-order valence-electron chi connectivity index (χ0n) is 8.29. The first-order chi connectivity index (χ1) is 6.77. The molecule has 0 aliphatic rings. The molecular formula is C10H13N3O. The molecule has 0 atom stereocenters. The molecule has 0 amide bonds. The zero-order chi connectivity index (χ0) is 9.97. The van der Waals surface area contributed by atoms with Gasteiger partial charge in [0.2, 0.25) is 0 Å². The van der Waals surface area contributed by atoms with Gasteiger partial charge >= 0.3 is 0 Å². The third kappa shape index (κ3) is 1.64. The number of anilines is 1. The molecule has 4 heteroatoms. The zero-order valence-corrected chi connectivity index (χ0v) is 8.29. The maximum absolute atomic E-state index is 4.98. The second-order valence-corrected chi connectivity index (χ2v) is 3.29. The summed E-state index contributed by atoms with van der Waals surface area (Å²) in [6.45, 7) is 4.73. The van der Waals surface area contributed by atoms with Gasteiger partial charge in [-0.15, -0.1) is 0 Å². The molecule has 0 saturated carbocycles. The molecule has 2 heterocycles. The van der Waals surface area contributed by atoms with Gasteiger partial charge < -0.3 is 9.73 Å². The summed E-state index contributed by atoms with van der Waals surface area (Å²) in [5.41, 5.74) is 4.26. The van der Waals surface area contributed by atoms with E-state index < -0.39 is 0 Å². The molecule has 74 valence electrons. The fourth-order valence-corrected chi connectivity index (χ4v) is 1.40. The fourth-order valence-electron chi connectivity index (χ4n) is 1.40. The highest BCUT2D eigenvalue weighted by molar-refractivity contribution is 5.51. The largest absolute Gasteiger partial charge is 0.472 e. The molecule has 0 fully saturated rings. The summed E-state index contributed by atoms with van der Waals surface area (Å²) in [5.74, 6) is 0. The summed E-state index contributed by atoms with van der Waals surface area (Å²) in [6, 6.07) is 1.94. The average molecular weight is 191 g/mol. The molecule has 0 radical (unpaired) electrons. The van der Waals surface area contributed by atoms with Gasteiger partial charge in [-0.05, 0) is 19.9 Å². The summed E-state index contributed by atoms with van der Waals surface area (Å²) >= 11 is 0. The number of aromatic nitrogens is 2. The second kappa shape index (κ2) is 3.57. The molecule has 0 saturated heterocycles. The maximum atomic E-state index is 4.98. The lowest BCUT2D eigenvalue weighted by Crippen LogP contribution is -1.99. The number of furan rings is 1. The monoisotopic (exact) mass is 191 g/mol. The Morgan fingerprint density at radius 2 is 2.36 bits per heavy atom. The molecule has 4 nitrogen and oxygen atoms in total. The van der Waals surface area contributed by atoms with E-state index in [2.05, 4.69) is 15.5 Å². The molecule has 2 N–H and O–H groups in total. The van der Waals surface area contributed by atoms with Crippen LogP contribution in [0, 0.1) is 13.8 Å². The molecule has 0 aromatic carbocycles. The number of nitrogens with one attached hydrogen (secondary N) is 2. The molecule has 0 aliphatic carbocycles. The summed E-state index contributed by atoms with van der Waals surface area (Å²) in [6.07, 6.45) is 3.41. The third-order valence-electron chi connectivity index (χ3n) is 2.18. The normalized spacial score (nSPS) is 10.4. The molecule has 0 unspecified atom stereocenters. The lowest BCUT2D eigenvalue weighted by Gasteiger charge is -2.03. The van der Waals surface area contributed by atoms with Crippen molar-refractivity contribution < 1.29 is 4.42 Å². The van der Waals surface area contributed by atoms with Crippen LogP contribution < -0.4 is 5.32 Å². The van der Waals surface area contributed by atoms with Crippen molar-refractivity contribution in [3.8, 4) is 0 Å². The summed E-state index contributed by atoms with van der Waals surface area (Å²) in [4.78, 5) is 0. The van der Waals surface area contributed by atoms with Gasteiger partial charge in [-0.2, -0.15) is 5.10 Å². The van der Waals surface area contributed by atoms with Crippen LogP contribution in [0.3, 0.4) is 0 Å². The predicted molar refractivity (Wildman–Crippen MR) is 54.1 cm³/mol. The second-order valence-electron chi connectivity index (χ2n) is 3.29. The Balaban J connectivity index is 2.05. The molecule has 2 rings (SSSR count). The van der Waals surface area contributed by atoms with Crippen molar-refractivity contribution in [2.24, 2.45) is 0 Å². The fraction of sp³-hybridized carbons (Fsp3) is 0.300. The Morgan fingerprint density at radius 1 is 1.50 bits per heavy atom. The minimum atomic E-state index is 0.762. The van der Waals surface area contributed by atoms with Crippen molar-refractivity contribution in [3.63, 3.8) is 0 Å². The van der Waals surface area contributed by atoms with Crippen molar-refractivity contribution in [1.29, 1.82) is 0 Å². The Bertz CT molecular complexity index is 383. The van der Waals surface area contributed by atoms with Crippen LogP contribution in [0.5, 0.6) is 0 Å². The van der Waals surface area contributed by atoms with Gasteiger partial charge in [-0.1, -0.05) is 0 Å². The third-order valence-corrected chi connectivity index (χ3v) is 2.18. The smallest absolute Gasteiger partial charge is 0.0952 e. The number of nitrogens with zero attached hydrogens (tertiary/aromatic N) is 1. The molecule has 2 aromatic heterocycles. The van der Waals surface area contributed by atoms with Gasteiger partial charge in [0.1, 0.15) is 0 Å². The van der Waals surface area contributed by atoms with Crippen LogP contribution in [-0.4, -0.2) is 10.2 Å². The highest BCUT2D eigenvalue weighted by Crippen LogP contribution is 2.17. The van der Waals surface area contributed by atoms with Gasteiger partial charge in [-0.3, -0.25) is 5.10 Å². The van der Waals surface area contributed by atoms with Crippen LogP contribution >= 0.6 is 0 Å². The first-order valence-electron chi connectivity index (χ1n) is 4.54. The number of hydrogen-bond acceptors (Lipinski definition) is 3. The van der Waals surface area contributed by atoms with Crippen molar-refractivity contribution in [2.45, 2.75) is 20.4 Å². The minimum Gasteiger partial charge on any atom is -0.472 e. The van der Waals surface area contributed by atoms with Crippen LogP contribution in [0.15, 0.2) is 23.0 Å². The first kappa shape index (κ1) is 8.87. The number of aromatic amines is 1. The first-order valence-corrected chi connectivity index (χ1v) is 4.54. The number of H-pyrrole nitrogens is 1. The molecule has 14 heavy (non-hydrogen) atoms. The molecule has 0 bridgehead atoms. The van der Waals surface area contributed by atoms with E-state index in [1.54, 1.807) is 12.5 Å². The Hall–Kier alpha value is -1.71. The lowest BCUT2D eigenvalue weighted by atomic mass is 10.3. The number of aryl methyl sites for hydroxylation is 2. The van der Waals surface area contributed by atoms with E-state index in [4.69, 9.17) is 4.42 Å². The van der Waals surface area contributed by atoms with Gasteiger partial charge in [-0.25, -0.2) is 0 Å². The van der Waals surface area contributed by atoms with E-state index >= 15 is 0 Å². The molecular weight excluding hydrogens is 178 g/mol. The molecule has 2 aromatic rings. The Morgan fingerprint density at radius 3 is 2.93 bits per heavy atom. The quantitative estimate of drug-likeness (QED) is 0.782. The highest BCUT2D eigenvalue weighted by atomic mass is 16.3. The Kier molecular flexibility index (Phi) is 2.26. The van der Waals surface area contributed by atoms with E-state index in [0.717, 1.165) is 29.2 Å². The van der Waals surface area contributed by atoms with E-state index in [0.29, 0.717) is 0 Å². The summed E-state index contributed by atoms with van der Waals surface area (Å²) in [5, 5.41) is 10.3. The maximum Gasteiger partial charge on any atom is 0.0952 e. The van der Waals surface area contributed by atoms with Gasteiger partial charge in [0.25, 0.3) is 0 Å². The van der Waals surface area contributed by atoms with Crippen LogP contribution in [0.2, 0.25) is 0 Å². The standard InChI is InChI=1S/C10H13N3O/c1-7-10(8(2)13-12-7)11-5-9-3-4-14-6-9/h3-4,6,11H,5H2,1-2H3,(H,12,13). The SMILES string of the molecule is Cc1n[nH]c(C)c1NCc1ccoc1. The molecule has 0 spiro atoms. The van der Waals surface area contributed by atoms with E-state index in [1.807, 2.05) is 19.9 Å². The van der Waals surface area contributed by atoms with Crippen molar-refractivity contribution in [1.82, 2.24) is 10.2 Å². The summed E-state index contributed by atoms with van der Waals surface area (Å²) < 4.78 is 4.98. The number of hydrogen-bond donors (Lipinski definition) is 2. The molecule has 0 aliphatic heterocycles. The van der Waals surface area contributed by atoms with Crippen molar-refractivity contribution in [2.75, 3.05) is 5.32 Å². The lowest BCUT2D eigenvalue weighted by molar-refractivity contribution is 0.564. The van der Waals surface area contributed by atoms with Crippen molar-refractivity contribution >= 4 is 5.69 Å². The van der Waals surface area contributed by atoms with E-state index in [1.165, 1.54) is 0 Å². The van der Waals surface area contributed by atoms with Gasteiger partial charge in [0, 0.05) is 12.1 Å². The van der Waals surface area contributed by atoms with Crippen LogP contribution in [0.25, 0.3) is 0 Å². The van der Waals surface area contributed by atoms with E-state index in [-0.39, 0.29) is 0 Å². The van der Waals surface area contributed by atoms with Crippen LogP contribution in [-0.2, 0) is 6.54 Å². The number of rotatable bonds is 3. The minimum absolute atomic E-state index is 0.762. The van der Waals surface area contributed by atoms with Crippen LogP contribution in [0.4, 0.5) is 5.69 Å². The van der Waals surface area contributed by atoms with Crippen molar-refractivity contribution in [3.05, 3.63) is 35.5 Å². The predicted octanol–water partition coefficient (Wildman–Crippen LogP) is 2.23.